The van der Waals surface area contributed by atoms with E-state index in [4.69, 9.17) is 9.47 Å². The predicted octanol–water partition coefficient (Wildman–Crippen LogP) is 4.22. The lowest BCUT2D eigenvalue weighted by Gasteiger charge is -2.60. The molecule has 2 aromatic carbocycles. The molecule has 1 saturated heterocycles. The molecule has 2 aromatic rings. The number of phenols is 2. The Morgan fingerprint density at radius 1 is 1.07 bits per heavy atom. The summed E-state index contributed by atoms with van der Waals surface area (Å²) in [6, 6.07) is 3.35. The van der Waals surface area contributed by atoms with Crippen LogP contribution < -0.4 is 14.8 Å². The number of benzene rings is 2. The van der Waals surface area contributed by atoms with Crippen molar-refractivity contribution in [3.8, 4) is 29.1 Å². The Kier molecular flexibility index (Phi) is 7.03. The number of amides is 1. The van der Waals surface area contributed by atoms with Gasteiger partial charge in [-0.2, -0.15) is 5.26 Å². The number of piperazine rings is 1. The maximum atomic E-state index is 12.9. The van der Waals surface area contributed by atoms with Crippen molar-refractivity contribution in [1.82, 2.24) is 15.1 Å². The number of phenolic OH excluding ortho intramolecular Hbond substituents is 2. The van der Waals surface area contributed by atoms with E-state index in [1.807, 2.05) is 27.8 Å². The van der Waals surface area contributed by atoms with Gasteiger partial charge in [-0.05, 0) is 63.8 Å². The number of hydrogen-bond acceptors (Lipinski definition) is 8. The monoisotopic (exact) mass is 560 g/mol. The number of aryl methyl sites for hydroxylation is 1. The Hall–Kier alpha value is -3.48. The van der Waals surface area contributed by atoms with Gasteiger partial charge in [-0.15, -0.1) is 0 Å². The van der Waals surface area contributed by atoms with Crippen LogP contribution in [-0.2, 0) is 17.6 Å². The van der Waals surface area contributed by atoms with E-state index >= 15 is 0 Å². The lowest BCUT2D eigenvalue weighted by atomic mass is 9.71. The molecular weight excluding hydrogens is 520 g/mol. The number of hydrogen-bond donors (Lipinski definition) is 3. The van der Waals surface area contributed by atoms with E-state index in [-0.39, 0.29) is 43.1 Å². The van der Waals surface area contributed by atoms with Crippen LogP contribution in [0.5, 0.6) is 23.0 Å². The normalized spacial score (nSPS) is 26.1. The van der Waals surface area contributed by atoms with E-state index in [9.17, 15) is 20.3 Å². The van der Waals surface area contributed by atoms with E-state index in [0.29, 0.717) is 42.1 Å². The molecule has 4 aliphatic heterocycles. The minimum absolute atomic E-state index is 0.0239. The predicted molar refractivity (Wildman–Crippen MR) is 153 cm³/mol. The molecule has 6 rings (SSSR count). The summed E-state index contributed by atoms with van der Waals surface area (Å²) < 4.78 is 11.8. The van der Waals surface area contributed by atoms with Crippen molar-refractivity contribution < 1.29 is 24.5 Å². The first-order chi connectivity index (χ1) is 19.7. The molecule has 1 fully saturated rings. The van der Waals surface area contributed by atoms with Crippen LogP contribution in [0.25, 0.3) is 0 Å². The second-order valence-electron chi connectivity index (χ2n) is 12.1. The van der Waals surface area contributed by atoms with Gasteiger partial charge in [0.15, 0.2) is 11.5 Å². The standard InChI is InChI=1S/C32H40N4O5/c1-6-7-8-9-25(37)34-14-24-27-20(29(38)18(4)31-32(27)41-15-40-31)12-22-28-26-19(10-16(2)17(3)30(26)39)11-21(35(28)5)23(13-33)36(22)24/h10,21-24,28,38-39H,6-9,11-12,14-15H2,1-5H3,(H,34,37)/t21-,22?,23-,24-,28-/m0/s1. The number of rotatable bonds is 6. The van der Waals surface area contributed by atoms with Gasteiger partial charge in [-0.3, -0.25) is 14.6 Å². The third kappa shape index (κ3) is 4.14. The maximum absolute atomic E-state index is 12.9. The zero-order chi connectivity index (χ0) is 29.2. The Morgan fingerprint density at radius 2 is 1.83 bits per heavy atom. The summed E-state index contributed by atoms with van der Waals surface area (Å²) in [5, 5.41) is 36.8. The highest BCUT2D eigenvalue weighted by molar-refractivity contribution is 5.76. The van der Waals surface area contributed by atoms with Crippen molar-refractivity contribution in [2.75, 3.05) is 20.4 Å². The molecule has 0 radical (unpaired) electrons. The number of ether oxygens (including phenoxy) is 2. The van der Waals surface area contributed by atoms with Crippen LogP contribution in [0.1, 0.15) is 83.6 Å². The average molecular weight is 561 g/mol. The van der Waals surface area contributed by atoms with Gasteiger partial charge in [0.05, 0.1) is 18.2 Å². The van der Waals surface area contributed by atoms with Crippen molar-refractivity contribution in [2.24, 2.45) is 0 Å². The van der Waals surface area contributed by atoms with Gasteiger partial charge in [-0.25, -0.2) is 0 Å². The lowest BCUT2D eigenvalue weighted by Crippen LogP contribution is -2.68. The van der Waals surface area contributed by atoms with Crippen molar-refractivity contribution in [3.63, 3.8) is 0 Å². The highest BCUT2D eigenvalue weighted by atomic mass is 16.7. The van der Waals surface area contributed by atoms with Gasteiger partial charge in [0.1, 0.15) is 17.5 Å². The molecule has 4 heterocycles. The van der Waals surface area contributed by atoms with E-state index in [1.54, 1.807) is 0 Å². The van der Waals surface area contributed by atoms with Gasteiger partial charge in [-0.1, -0.05) is 25.8 Å². The minimum Gasteiger partial charge on any atom is -0.507 e. The Morgan fingerprint density at radius 3 is 2.56 bits per heavy atom. The zero-order valence-electron chi connectivity index (χ0n) is 24.6. The van der Waals surface area contributed by atoms with E-state index in [2.05, 4.69) is 34.2 Å². The van der Waals surface area contributed by atoms with E-state index in [0.717, 1.165) is 52.6 Å². The highest BCUT2D eigenvalue weighted by Crippen LogP contribution is 2.57. The molecule has 1 unspecified atom stereocenters. The van der Waals surface area contributed by atoms with Crippen molar-refractivity contribution in [3.05, 3.63) is 45.0 Å². The molecule has 41 heavy (non-hydrogen) atoms. The Bertz CT molecular complexity index is 1450. The SMILES string of the molecule is CCCCCC(=O)NC[C@H]1c2c(c(O)c(C)c3c2OCO3)CC2[C@H]3c4c(cc(C)c(C)c4O)C[C@@H]([C@H](C#N)N21)N3C. The molecule has 0 saturated carbocycles. The molecule has 9 nitrogen and oxygen atoms in total. The van der Waals surface area contributed by atoms with Crippen LogP contribution in [0.3, 0.4) is 0 Å². The summed E-state index contributed by atoms with van der Waals surface area (Å²) in [7, 11) is 2.04. The smallest absolute Gasteiger partial charge is 0.231 e. The molecule has 3 N–H and O–H groups in total. The molecule has 5 atom stereocenters. The average Bonchev–Trinajstić information content (AvgIpc) is 3.44. The summed E-state index contributed by atoms with van der Waals surface area (Å²) in [6.07, 6.45) is 4.40. The van der Waals surface area contributed by atoms with E-state index < -0.39 is 12.1 Å². The number of fused-ring (bicyclic) bond motifs is 9. The second-order valence-corrected chi connectivity index (χ2v) is 12.1. The van der Waals surface area contributed by atoms with Crippen molar-refractivity contribution in [2.45, 2.75) is 96.4 Å². The molecular formula is C32H40N4O5. The van der Waals surface area contributed by atoms with E-state index in [1.165, 1.54) is 0 Å². The van der Waals surface area contributed by atoms with Crippen LogP contribution in [0.2, 0.25) is 0 Å². The van der Waals surface area contributed by atoms with Crippen LogP contribution in [0.15, 0.2) is 6.07 Å². The summed E-state index contributed by atoms with van der Waals surface area (Å²) >= 11 is 0. The Balaban J connectivity index is 1.51. The van der Waals surface area contributed by atoms with Gasteiger partial charge in [0.25, 0.3) is 0 Å². The first kappa shape index (κ1) is 27.7. The molecule has 2 bridgehead atoms. The fourth-order valence-electron chi connectivity index (χ4n) is 7.74. The van der Waals surface area contributed by atoms with Gasteiger partial charge in [0.2, 0.25) is 12.7 Å². The molecule has 0 aliphatic carbocycles. The van der Waals surface area contributed by atoms with Crippen molar-refractivity contribution in [1.29, 1.82) is 5.26 Å². The number of nitrogens with zero attached hydrogens (tertiary/aromatic N) is 3. The highest BCUT2D eigenvalue weighted by Gasteiger charge is 2.56. The molecule has 0 spiro atoms. The first-order valence-electron chi connectivity index (χ1n) is 14.8. The van der Waals surface area contributed by atoms with Crippen LogP contribution in [0, 0.1) is 32.1 Å². The summed E-state index contributed by atoms with van der Waals surface area (Å²) in [5.74, 6) is 1.57. The number of aromatic hydroxyl groups is 2. The first-order valence-corrected chi connectivity index (χ1v) is 14.8. The third-order valence-corrected chi connectivity index (χ3v) is 9.96. The largest absolute Gasteiger partial charge is 0.507 e. The molecule has 1 amide bonds. The van der Waals surface area contributed by atoms with Crippen LogP contribution >= 0.6 is 0 Å². The summed E-state index contributed by atoms with van der Waals surface area (Å²) in [4.78, 5) is 17.4. The Labute approximate surface area is 241 Å². The molecule has 218 valence electrons. The number of likely N-dealkylation sites (N-methyl/N-ethyl adjacent to an activating group) is 1. The minimum atomic E-state index is -0.477. The second kappa shape index (κ2) is 10.4. The quantitative estimate of drug-likeness (QED) is 0.450. The molecule has 4 aliphatic rings. The fourth-order valence-corrected chi connectivity index (χ4v) is 7.74. The molecule has 9 heteroatoms. The van der Waals surface area contributed by atoms with Gasteiger partial charge >= 0.3 is 0 Å². The number of carbonyl (C=O) groups is 1. The number of nitriles is 1. The third-order valence-electron chi connectivity index (χ3n) is 9.96. The lowest BCUT2D eigenvalue weighted by molar-refractivity contribution is -0.122. The summed E-state index contributed by atoms with van der Waals surface area (Å²) in [6.45, 7) is 8.23. The number of carbonyl (C=O) groups excluding carboxylic acids is 1. The summed E-state index contributed by atoms with van der Waals surface area (Å²) in [5.41, 5.74) is 6.06. The van der Waals surface area contributed by atoms with Crippen molar-refractivity contribution >= 4 is 5.91 Å². The zero-order valence-corrected chi connectivity index (χ0v) is 24.6. The fraction of sp³-hybridized carbons (Fsp3) is 0.562. The number of nitrogens with one attached hydrogen (secondary N) is 1. The van der Waals surface area contributed by atoms with Crippen LogP contribution in [-0.4, -0.2) is 64.4 Å². The molecule has 0 aromatic heterocycles. The van der Waals surface area contributed by atoms with Gasteiger partial charge < -0.3 is 25.0 Å². The van der Waals surface area contributed by atoms with Gasteiger partial charge in [0, 0.05) is 47.3 Å². The topological polar surface area (TPSA) is 118 Å². The number of unbranched alkanes of at least 4 members (excludes halogenated alkanes) is 2. The van der Waals surface area contributed by atoms with Crippen LogP contribution in [0.4, 0.5) is 0 Å². The maximum Gasteiger partial charge on any atom is 0.231 e.